The molecule has 2 N–H and O–H groups in total. The molecule has 4 rings (SSSR count). The van der Waals surface area contributed by atoms with Gasteiger partial charge in [-0.25, -0.2) is 4.79 Å². The second-order valence-corrected chi connectivity index (χ2v) is 8.39. The Hall–Kier alpha value is -3.44. The van der Waals surface area contributed by atoms with Gasteiger partial charge in [-0.15, -0.1) is 0 Å². The summed E-state index contributed by atoms with van der Waals surface area (Å²) in [4.78, 5) is 27.6. The van der Waals surface area contributed by atoms with E-state index in [9.17, 15) is 14.7 Å². The minimum Gasteiger partial charge on any atom is -0.478 e. The topological polar surface area (TPSA) is 69.6 Å². The van der Waals surface area contributed by atoms with Crippen LogP contribution in [0.15, 0.2) is 66.7 Å². The number of rotatable bonds is 5. The molecule has 1 heterocycles. The number of carbonyl (C=O) groups excluding carboxylic acids is 1. The van der Waals surface area contributed by atoms with Gasteiger partial charge in [-0.2, -0.15) is 0 Å². The van der Waals surface area contributed by atoms with Crippen LogP contribution in [-0.4, -0.2) is 35.9 Å². The van der Waals surface area contributed by atoms with Crippen LogP contribution in [0, 0.1) is 6.92 Å². The molecule has 0 spiro atoms. The van der Waals surface area contributed by atoms with Gasteiger partial charge in [0.15, 0.2) is 5.78 Å². The van der Waals surface area contributed by atoms with Crippen molar-refractivity contribution in [3.8, 4) is 0 Å². The summed E-state index contributed by atoms with van der Waals surface area (Å²) >= 11 is 0. The minimum absolute atomic E-state index is 0.0342. The van der Waals surface area contributed by atoms with Gasteiger partial charge < -0.3 is 15.3 Å². The molecule has 0 aromatic heterocycles. The first-order valence-electron chi connectivity index (χ1n) is 10.3. The second-order valence-electron chi connectivity index (χ2n) is 8.39. The van der Waals surface area contributed by atoms with Crippen LogP contribution >= 0.6 is 0 Å². The average Bonchev–Trinajstić information content (AvgIpc) is 2.74. The number of aryl methyl sites for hydroxylation is 1. The van der Waals surface area contributed by atoms with E-state index in [1.54, 1.807) is 12.1 Å². The number of carbonyl (C=O) groups is 2. The summed E-state index contributed by atoms with van der Waals surface area (Å²) in [6, 6.07) is 20.8. The Morgan fingerprint density at radius 1 is 0.968 bits per heavy atom. The summed E-state index contributed by atoms with van der Waals surface area (Å²) < 4.78 is 0. The highest BCUT2D eigenvalue weighted by Gasteiger charge is 2.39. The number of aromatic carboxylic acids is 1. The van der Waals surface area contributed by atoms with E-state index in [-0.39, 0.29) is 23.0 Å². The largest absolute Gasteiger partial charge is 0.478 e. The monoisotopic (exact) mass is 414 g/mol. The van der Waals surface area contributed by atoms with Crippen molar-refractivity contribution < 1.29 is 14.7 Å². The number of benzene rings is 3. The van der Waals surface area contributed by atoms with Crippen LogP contribution in [0.1, 0.15) is 54.9 Å². The molecule has 0 radical (unpaired) electrons. The van der Waals surface area contributed by atoms with Gasteiger partial charge in [0.1, 0.15) is 0 Å². The van der Waals surface area contributed by atoms with E-state index < -0.39 is 11.9 Å². The van der Waals surface area contributed by atoms with Gasteiger partial charge in [-0.3, -0.25) is 4.79 Å². The Morgan fingerprint density at radius 3 is 2.23 bits per heavy atom. The molecule has 0 saturated heterocycles. The van der Waals surface area contributed by atoms with Gasteiger partial charge in [-0.05, 0) is 49.8 Å². The summed E-state index contributed by atoms with van der Waals surface area (Å²) in [5.41, 5.74) is 5.01. The zero-order chi connectivity index (χ0) is 22.1. The number of hydrogen-bond donors (Lipinski definition) is 2. The number of ketones is 1. The SMILES string of the molecule is Cc1ccc(C2C(=O)c3c(cccc3C(=O)O)NC2c2ccc(CN(C)C)cc2)cc1. The lowest BCUT2D eigenvalue weighted by Gasteiger charge is -2.35. The summed E-state index contributed by atoms with van der Waals surface area (Å²) in [7, 11) is 4.05. The molecule has 2 unspecified atom stereocenters. The van der Waals surface area contributed by atoms with Crippen molar-refractivity contribution in [3.63, 3.8) is 0 Å². The summed E-state index contributed by atoms with van der Waals surface area (Å²) in [5, 5.41) is 13.1. The smallest absolute Gasteiger partial charge is 0.336 e. The molecule has 158 valence electrons. The lowest BCUT2D eigenvalue weighted by molar-refractivity contribution is 0.0690. The summed E-state index contributed by atoms with van der Waals surface area (Å²) in [5.74, 6) is -1.78. The highest BCUT2D eigenvalue weighted by Crippen LogP contribution is 2.43. The van der Waals surface area contributed by atoms with E-state index in [1.165, 1.54) is 11.6 Å². The number of nitrogens with one attached hydrogen (secondary N) is 1. The second kappa shape index (κ2) is 8.36. The Kier molecular flexibility index (Phi) is 5.61. The van der Waals surface area contributed by atoms with Crippen LogP contribution in [-0.2, 0) is 6.54 Å². The van der Waals surface area contributed by atoms with Crippen LogP contribution in [0.5, 0.6) is 0 Å². The maximum atomic E-state index is 13.7. The molecule has 0 fully saturated rings. The molecule has 0 saturated carbocycles. The Labute approximate surface area is 182 Å². The quantitative estimate of drug-likeness (QED) is 0.622. The van der Waals surface area contributed by atoms with Gasteiger partial charge >= 0.3 is 5.97 Å². The third-order valence-electron chi connectivity index (χ3n) is 5.74. The van der Waals surface area contributed by atoms with Crippen LogP contribution in [0.2, 0.25) is 0 Å². The predicted octanol–water partition coefficient (Wildman–Crippen LogP) is 4.89. The molecule has 0 bridgehead atoms. The third-order valence-corrected chi connectivity index (χ3v) is 5.74. The normalized spacial score (nSPS) is 17.9. The minimum atomic E-state index is -1.10. The van der Waals surface area contributed by atoms with E-state index in [0.717, 1.165) is 23.2 Å². The molecular weight excluding hydrogens is 388 g/mol. The van der Waals surface area contributed by atoms with Crippen molar-refractivity contribution in [2.45, 2.75) is 25.4 Å². The van der Waals surface area contributed by atoms with Crippen molar-refractivity contribution in [2.24, 2.45) is 0 Å². The molecule has 31 heavy (non-hydrogen) atoms. The lowest BCUT2D eigenvalue weighted by Crippen LogP contribution is -2.33. The van der Waals surface area contributed by atoms with Gasteiger partial charge in [0, 0.05) is 12.2 Å². The fourth-order valence-electron chi connectivity index (χ4n) is 4.26. The number of carboxylic acid groups (broad SMARTS) is 1. The van der Waals surface area contributed by atoms with E-state index in [4.69, 9.17) is 0 Å². The third kappa shape index (κ3) is 4.09. The van der Waals surface area contributed by atoms with E-state index >= 15 is 0 Å². The number of fused-ring (bicyclic) bond motifs is 1. The van der Waals surface area contributed by atoms with Gasteiger partial charge in [0.05, 0.1) is 23.1 Å². The van der Waals surface area contributed by atoms with E-state index in [0.29, 0.717) is 5.69 Å². The molecule has 3 aromatic carbocycles. The van der Waals surface area contributed by atoms with Crippen LogP contribution < -0.4 is 5.32 Å². The summed E-state index contributed by atoms with van der Waals surface area (Å²) in [6.07, 6.45) is 0. The first kappa shape index (κ1) is 20.8. The Morgan fingerprint density at radius 2 is 1.61 bits per heavy atom. The van der Waals surface area contributed by atoms with Gasteiger partial charge in [-0.1, -0.05) is 60.2 Å². The van der Waals surface area contributed by atoms with Crippen molar-refractivity contribution >= 4 is 17.4 Å². The molecule has 0 amide bonds. The van der Waals surface area contributed by atoms with Crippen molar-refractivity contribution in [2.75, 3.05) is 19.4 Å². The molecule has 0 aliphatic carbocycles. The fraction of sp³-hybridized carbons (Fsp3) is 0.231. The lowest BCUT2D eigenvalue weighted by atomic mass is 9.77. The maximum absolute atomic E-state index is 13.7. The van der Waals surface area contributed by atoms with Crippen molar-refractivity contribution in [1.82, 2.24) is 4.90 Å². The number of hydrogen-bond acceptors (Lipinski definition) is 4. The standard InChI is InChI=1S/C26H26N2O3/c1-16-7-11-18(12-8-16)22-24(19-13-9-17(10-14-19)15-28(2)3)27-21-6-4-5-20(26(30)31)23(21)25(22)29/h4-14,22,24,27H,15H2,1-3H3,(H,30,31). The first-order chi connectivity index (χ1) is 14.8. The number of anilines is 1. The molecule has 3 aromatic rings. The van der Waals surface area contributed by atoms with Crippen LogP contribution in [0.4, 0.5) is 5.69 Å². The van der Waals surface area contributed by atoms with Crippen molar-refractivity contribution in [1.29, 1.82) is 0 Å². The van der Waals surface area contributed by atoms with Crippen LogP contribution in [0.25, 0.3) is 0 Å². The zero-order valence-corrected chi connectivity index (χ0v) is 17.9. The molecule has 1 aliphatic rings. The van der Waals surface area contributed by atoms with Crippen molar-refractivity contribution in [3.05, 3.63) is 100 Å². The highest BCUT2D eigenvalue weighted by atomic mass is 16.4. The van der Waals surface area contributed by atoms with Gasteiger partial charge in [0.25, 0.3) is 0 Å². The first-order valence-corrected chi connectivity index (χ1v) is 10.3. The Balaban J connectivity index is 1.82. The highest BCUT2D eigenvalue weighted by molar-refractivity contribution is 6.14. The number of Topliss-reactive ketones (excluding diaryl/α,β-unsaturated/α-hetero) is 1. The van der Waals surface area contributed by atoms with Gasteiger partial charge in [0.2, 0.25) is 0 Å². The molecule has 5 heteroatoms. The maximum Gasteiger partial charge on any atom is 0.336 e. The molecular formula is C26H26N2O3. The predicted molar refractivity (Wildman–Crippen MR) is 122 cm³/mol. The average molecular weight is 415 g/mol. The molecule has 2 atom stereocenters. The van der Waals surface area contributed by atoms with Crippen LogP contribution in [0.3, 0.4) is 0 Å². The zero-order valence-electron chi connectivity index (χ0n) is 17.9. The molecule has 1 aliphatic heterocycles. The molecule has 5 nitrogen and oxygen atoms in total. The summed E-state index contributed by atoms with van der Waals surface area (Å²) in [6.45, 7) is 2.84. The fourth-order valence-corrected chi connectivity index (χ4v) is 4.26. The Bertz CT molecular complexity index is 1120. The number of carboxylic acids is 1. The van der Waals surface area contributed by atoms with E-state index in [1.807, 2.05) is 45.3 Å². The van der Waals surface area contributed by atoms with E-state index in [2.05, 4.69) is 34.5 Å². The number of nitrogens with zero attached hydrogens (tertiary/aromatic N) is 1.